The Morgan fingerprint density at radius 3 is 2.18 bits per heavy atom. The number of sulfonamides is 1. The van der Waals surface area contributed by atoms with Crippen LogP contribution in [0.3, 0.4) is 0 Å². The fourth-order valence-corrected chi connectivity index (χ4v) is 7.13. The van der Waals surface area contributed by atoms with E-state index in [1.807, 2.05) is 6.92 Å². The molecule has 11 nitrogen and oxygen atoms in total. The monoisotopic (exact) mass is 722 g/mol. The molecule has 0 aliphatic heterocycles. The number of carbonyl (C=O) groups excluding carboxylic acids is 2. The minimum Gasteiger partial charge on any atom is -0.464 e. The smallest absolute Gasteiger partial charge is 0.335 e. The maximum atomic E-state index is 15.3. The van der Waals surface area contributed by atoms with Crippen molar-refractivity contribution in [2.75, 3.05) is 11.3 Å². The van der Waals surface area contributed by atoms with Gasteiger partial charge in [-0.15, -0.1) is 0 Å². The highest BCUT2D eigenvalue weighted by molar-refractivity contribution is 7.92. The number of nitrogens with one attached hydrogen (secondary N) is 2. The summed E-state index contributed by atoms with van der Waals surface area (Å²) in [5, 5.41) is 2.39. The summed E-state index contributed by atoms with van der Waals surface area (Å²) < 4.78 is 66.4. The molecule has 0 bridgehead atoms. The number of halogens is 2. The Hall–Kier alpha value is -5.11. The van der Waals surface area contributed by atoms with E-state index in [1.165, 1.54) is 48.1 Å². The lowest BCUT2D eigenvalue weighted by atomic mass is 9.90. The number of benzene rings is 3. The van der Waals surface area contributed by atoms with E-state index in [4.69, 9.17) is 4.74 Å². The van der Waals surface area contributed by atoms with Gasteiger partial charge in [-0.05, 0) is 72.7 Å². The van der Waals surface area contributed by atoms with Gasteiger partial charge in [0.25, 0.3) is 21.5 Å². The molecule has 0 spiro atoms. The van der Waals surface area contributed by atoms with Gasteiger partial charge in [-0.25, -0.2) is 31.4 Å². The molecule has 2 N–H and O–H groups in total. The minimum atomic E-state index is -4.20. The zero-order chi connectivity index (χ0) is 36.7. The number of rotatable bonds is 13. The van der Waals surface area contributed by atoms with Crippen molar-refractivity contribution in [3.63, 3.8) is 0 Å². The first-order chi connectivity index (χ1) is 24.4. The number of anilines is 1. The lowest BCUT2D eigenvalue weighted by molar-refractivity contribution is -0.147. The number of amides is 1. The fraction of sp³-hybridized carbons (Fsp3) is 0.351. The van der Waals surface area contributed by atoms with E-state index < -0.39 is 62.1 Å². The molecule has 3 aromatic carbocycles. The van der Waals surface area contributed by atoms with E-state index >= 15 is 8.78 Å². The van der Waals surface area contributed by atoms with E-state index in [-0.39, 0.29) is 29.5 Å². The molecule has 4 aromatic rings. The van der Waals surface area contributed by atoms with Crippen molar-refractivity contribution in [3.8, 4) is 5.69 Å². The highest BCUT2D eigenvalue weighted by atomic mass is 32.2. The van der Waals surface area contributed by atoms with Gasteiger partial charge in [0.1, 0.15) is 23.2 Å². The van der Waals surface area contributed by atoms with Crippen molar-refractivity contribution >= 4 is 27.6 Å². The Bertz CT molecular complexity index is 2090. The van der Waals surface area contributed by atoms with Gasteiger partial charge in [-0.1, -0.05) is 56.9 Å². The average molecular weight is 723 g/mol. The molecule has 0 radical (unpaired) electrons. The summed E-state index contributed by atoms with van der Waals surface area (Å²) in [5.74, 6) is -4.59. The molecule has 1 amide bonds. The van der Waals surface area contributed by atoms with Crippen molar-refractivity contribution in [2.24, 2.45) is 13.0 Å². The Balaban J connectivity index is 1.35. The third kappa shape index (κ3) is 9.17. The molecule has 0 unspecified atom stereocenters. The molecule has 1 aromatic heterocycles. The summed E-state index contributed by atoms with van der Waals surface area (Å²) in [6, 6.07) is 13.5. The molecular formula is C37H40F2N4O7S. The van der Waals surface area contributed by atoms with Gasteiger partial charge in [0.2, 0.25) is 0 Å². The second kappa shape index (κ2) is 16.3. The first-order valence-electron chi connectivity index (χ1n) is 16.8. The zero-order valence-corrected chi connectivity index (χ0v) is 29.2. The van der Waals surface area contributed by atoms with Crippen LogP contribution >= 0.6 is 0 Å². The van der Waals surface area contributed by atoms with Crippen molar-refractivity contribution in [3.05, 3.63) is 122 Å². The van der Waals surface area contributed by atoms with Crippen molar-refractivity contribution in [1.82, 2.24) is 14.5 Å². The molecule has 270 valence electrons. The van der Waals surface area contributed by atoms with Crippen molar-refractivity contribution in [2.45, 2.75) is 69.2 Å². The van der Waals surface area contributed by atoms with Gasteiger partial charge in [0, 0.05) is 25.7 Å². The number of hydrogen-bond donors (Lipinski definition) is 2. The number of aryl methyl sites for hydroxylation is 2. The Morgan fingerprint density at radius 2 is 1.55 bits per heavy atom. The van der Waals surface area contributed by atoms with Crippen LogP contribution in [0, 0.1) is 17.6 Å². The van der Waals surface area contributed by atoms with Gasteiger partial charge in [0.05, 0.1) is 22.9 Å². The number of aromatic nitrogens is 2. The molecular weight excluding hydrogens is 682 g/mol. The van der Waals surface area contributed by atoms with Gasteiger partial charge >= 0.3 is 11.7 Å². The van der Waals surface area contributed by atoms with Crippen LogP contribution in [0.2, 0.25) is 0 Å². The molecule has 0 saturated heterocycles. The number of esters is 1. The van der Waals surface area contributed by atoms with Gasteiger partial charge in [0.15, 0.2) is 0 Å². The average Bonchev–Trinajstić information content (AvgIpc) is 3.10. The lowest BCUT2D eigenvalue weighted by Gasteiger charge is -2.23. The Morgan fingerprint density at radius 1 is 0.922 bits per heavy atom. The Labute approximate surface area is 294 Å². The second-order valence-corrected chi connectivity index (χ2v) is 14.4. The fourth-order valence-electron chi connectivity index (χ4n) is 6.09. The van der Waals surface area contributed by atoms with Crippen LogP contribution in [0.1, 0.15) is 66.9 Å². The normalized spacial score (nSPS) is 14.1. The van der Waals surface area contributed by atoms with Crippen LogP contribution in [-0.2, 0) is 39.4 Å². The van der Waals surface area contributed by atoms with Crippen LogP contribution in [-0.4, -0.2) is 42.1 Å². The maximum Gasteiger partial charge on any atom is 0.335 e. The van der Waals surface area contributed by atoms with Crippen LogP contribution in [0.5, 0.6) is 0 Å². The maximum absolute atomic E-state index is 15.3. The van der Waals surface area contributed by atoms with Crippen LogP contribution in [0.15, 0.2) is 87.4 Å². The quantitative estimate of drug-likeness (QED) is 0.184. The molecule has 1 atom stereocenters. The van der Waals surface area contributed by atoms with Crippen LogP contribution < -0.4 is 21.3 Å². The summed E-state index contributed by atoms with van der Waals surface area (Å²) in [4.78, 5) is 51.5. The molecule has 1 saturated carbocycles. The third-order valence-electron chi connectivity index (χ3n) is 8.86. The number of nitrogens with zero attached hydrogens (tertiary/aromatic N) is 2. The topological polar surface area (TPSA) is 146 Å². The van der Waals surface area contributed by atoms with Crippen LogP contribution in [0.25, 0.3) is 5.69 Å². The summed E-state index contributed by atoms with van der Waals surface area (Å²) in [5.41, 5.74) is -0.835. The van der Waals surface area contributed by atoms with Gasteiger partial charge in [-0.3, -0.25) is 14.3 Å². The highest BCUT2D eigenvalue weighted by Gasteiger charge is 2.29. The predicted octanol–water partition coefficient (Wildman–Crippen LogP) is 5.03. The molecule has 1 heterocycles. The summed E-state index contributed by atoms with van der Waals surface area (Å²) in [7, 11) is -2.70. The van der Waals surface area contributed by atoms with Gasteiger partial charge in [-0.2, -0.15) is 0 Å². The number of hydrogen-bond acceptors (Lipinski definition) is 7. The van der Waals surface area contributed by atoms with Gasteiger partial charge < -0.3 is 14.6 Å². The molecule has 1 fully saturated rings. The predicted molar refractivity (Wildman–Crippen MR) is 187 cm³/mol. The Kier molecular flexibility index (Phi) is 11.9. The lowest BCUT2D eigenvalue weighted by Crippen LogP contribution is -2.44. The molecule has 5 rings (SSSR count). The second-order valence-electron chi connectivity index (χ2n) is 12.7. The standard InChI is InChI=1S/C37H40F2N4O7S/c1-3-7-24-12-16-29(17-13-24)51(48,49)41-27-21-30(38)34(31(39)22-27)35(45)40-32(36(46)50-23-26-8-5-4-6-9-26)20-25-10-14-28(15-11-25)43-33(44)18-19-42(2)37(43)47/h10-19,21-22,26,32,41H,3-9,20,23H2,1-2H3,(H,40,45)/t32-/m0/s1. The summed E-state index contributed by atoms with van der Waals surface area (Å²) >= 11 is 0. The third-order valence-corrected chi connectivity index (χ3v) is 10.3. The largest absolute Gasteiger partial charge is 0.464 e. The van der Waals surface area contributed by atoms with E-state index in [2.05, 4.69) is 10.0 Å². The van der Waals surface area contributed by atoms with E-state index in [1.54, 1.807) is 24.3 Å². The van der Waals surface area contributed by atoms with Crippen LogP contribution in [0.4, 0.5) is 14.5 Å². The SMILES string of the molecule is CCCc1ccc(S(=O)(=O)Nc2cc(F)c(C(=O)N[C@@H](Cc3ccc(-n4c(=O)ccn(C)c4=O)cc3)C(=O)OCC3CCCCC3)c(F)c2)cc1. The molecule has 51 heavy (non-hydrogen) atoms. The molecule has 1 aliphatic rings. The molecule has 1 aliphatic carbocycles. The number of ether oxygens (including phenoxy) is 1. The van der Waals surface area contributed by atoms with E-state index in [0.29, 0.717) is 17.7 Å². The summed E-state index contributed by atoms with van der Waals surface area (Å²) in [6.45, 7) is 2.12. The van der Waals surface area contributed by atoms with Crippen molar-refractivity contribution in [1.29, 1.82) is 0 Å². The molecule has 14 heteroatoms. The minimum absolute atomic E-state index is 0.106. The highest BCUT2D eigenvalue weighted by Crippen LogP contribution is 2.25. The van der Waals surface area contributed by atoms with E-state index in [9.17, 15) is 27.6 Å². The first-order valence-corrected chi connectivity index (χ1v) is 18.3. The van der Waals surface area contributed by atoms with Crippen molar-refractivity contribution < 1.29 is 31.5 Å². The summed E-state index contributed by atoms with van der Waals surface area (Å²) in [6.07, 6.45) is 7.75. The van der Waals surface area contributed by atoms with E-state index in [0.717, 1.165) is 55.1 Å². The zero-order valence-electron chi connectivity index (χ0n) is 28.4. The number of carbonyl (C=O) groups is 2. The first kappa shape index (κ1) is 37.2.